The Hall–Kier alpha value is -3.62. The molecule has 8 nitrogen and oxygen atoms in total. The van der Waals surface area contributed by atoms with E-state index in [9.17, 15) is 18.8 Å². The third-order valence-corrected chi connectivity index (χ3v) is 4.14. The number of nitrogens with one attached hydrogen (secondary N) is 1. The standard InChI is InChI=1S/C21H22FNO7/c1-12(21(26)30-11-16(24)13-5-7-15(22)8-6-13)23-20(25)14-9-17(27-2)19(29-4)18(10-14)28-3/h5-10,12H,11H2,1-4H3,(H,23,25)/t12-/m0/s1. The second-order valence-electron chi connectivity index (χ2n) is 6.15. The van der Waals surface area contributed by atoms with Crippen LogP contribution < -0.4 is 19.5 Å². The normalized spacial score (nSPS) is 11.2. The van der Waals surface area contributed by atoms with E-state index < -0.39 is 36.1 Å². The average Bonchev–Trinajstić information content (AvgIpc) is 2.76. The molecule has 0 radical (unpaired) electrons. The van der Waals surface area contributed by atoms with Gasteiger partial charge in [0.15, 0.2) is 23.9 Å². The maximum absolute atomic E-state index is 12.9. The summed E-state index contributed by atoms with van der Waals surface area (Å²) in [4.78, 5) is 36.6. The van der Waals surface area contributed by atoms with E-state index in [1.54, 1.807) is 0 Å². The smallest absolute Gasteiger partial charge is 0.328 e. The van der Waals surface area contributed by atoms with Crippen molar-refractivity contribution in [3.05, 3.63) is 53.3 Å². The van der Waals surface area contributed by atoms with Crippen molar-refractivity contribution in [2.75, 3.05) is 27.9 Å². The molecule has 160 valence electrons. The first-order valence-corrected chi connectivity index (χ1v) is 8.87. The summed E-state index contributed by atoms with van der Waals surface area (Å²) >= 11 is 0. The number of amides is 1. The molecule has 30 heavy (non-hydrogen) atoms. The van der Waals surface area contributed by atoms with Gasteiger partial charge in [-0.25, -0.2) is 9.18 Å². The van der Waals surface area contributed by atoms with Crippen LogP contribution in [0.15, 0.2) is 36.4 Å². The van der Waals surface area contributed by atoms with E-state index in [1.165, 1.54) is 52.5 Å². The van der Waals surface area contributed by atoms with Gasteiger partial charge in [-0.05, 0) is 43.3 Å². The lowest BCUT2D eigenvalue weighted by Crippen LogP contribution is -2.40. The number of methoxy groups -OCH3 is 3. The average molecular weight is 419 g/mol. The molecule has 0 heterocycles. The second-order valence-corrected chi connectivity index (χ2v) is 6.15. The molecular formula is C21H22FNO7. The summed E-state index contributed by atoms with van der Waals surface area (Å²) in [5, 5.41) is 2.48. The van der Waals surface area contributed by atoms with Crippen LogP contribution in [0.1, 0.15) is 27.6 Å². The van der Waals surface area contributed by atoms with Crippen LogP contribution >= 0.6 is 0 Å². The number of hydrogen-bond acceptors (Lipinski definition) is 7. The zero-order valence-electron chi connectivity index (χ0n) is 17.0. The molecule has 9 heteroatoms. The van der Waals surface area contributed by atoms with E-state index in [1.807, 2.05) is 0 Å². The van der Waals surface area contributed by atoms with Crippen LogP contribution in [0, 0.1) is 5.82 Å². The summed E-state index contributed by atoms with van der Waals surface area (Å²) in [7, 11) is 4.26. The number of hydrogen-bond donors (Lipinski definition) is 1. The van der Waals surface area contributed by atoms with Crippen molar-refractivity contribution in [3.8, 4) is 17.2 Å². The summed E-state index contributed by atoms with van der Waals surface area (Å²) in [5.41, 5.74) is 0.379. The van der Waals surface area contributed by atoms with Crippen molar-refractivity contribution >= 4 is 17.7 Å². The zero-order valence-corrected chi connectivity index (χ0v) is 17.0. The van der Waals surface area contributed by atoms with Crippen LogP contribution in [0.2, 0.25) is 0 Å². The van der Waals surface area contributed by atoms with E-state index >= 15 is 0 Å². The summed E-state index contributed by atoms with van der Waals surface area (Å²) in [6, 6.07) is 6.70. The molecule has 0 aliphatic heterocycles. The van der Waals surface area contributed by atoms with Gasteiger partial charge in [-0.1, -0.05) is 0 Å². The molecule has 0 spiro atoms. The highest BCUT2D eigenvalue weighted by molar-refractivity contribution is 5.99. The van der Waals surface area contributed by atoms with Crippen molar-refractivity contribution in [1.82, 2.24) is 5.32 Å². The summed E-state index contributed by atoms with van der Waals surface area (Å²) in [6.07, 6.45) is 0. The number of esters is 1. The first kappa shape index (κ1) is 22.7. The van der Waals surface area contributed by atoms with E-state index in [4.69, 9.17) is 18.9 Å². The lowest BCUT2D eigenvalue weighted by atomic mass is 10.1. The van der Waals surface area contributed by atoms with E-state index in [0.29, 0.717) is 5.75 Å². The van der Waals surface area contributed by atoms with E-state index in [2.05, 4.69) is 5.32 Å². The van der Waals surface area contributed by atoms with Crippen LogP contribution in [0.3, 0.4) is 0 Å². The Bertz CT molecular complexity index is 902. The number of Topliss-reactive ketones (excluding diaryl/α,β-unsaturated/α-hetero) is 1. The van der Waals surface area contributed by atoms with Crippen LogP contribution in [0.25, 0.3) is 0 Å². The third kappa shape index (κ3) is 5.47. The minimum atomic E-state index is -1.03. The number of carbonyl (C=O) groups is 3. The highest BCUT2D eigenvalue weighted by Gasteiger charge is 2.22. The molecule has 0 aliphatic carbocycles. The van der Waals surface area contributed by atoms with Crippen molar-refractivity contribution in [2.24, 2.45) is 0 Å². The zero-order chi connectivity index (χ0) is 22.3. The van der Waals surface area contributed by atoms with Gasteiger partial charge < -0.3 is 24.3 Å². The fraction of sp³-hybridized carbons (Fsp3) is 0.286. The topological polar surface area (TPSA) is 100 Å². The van der Waals surface area contributed by atoms with Gasteiger partial charge >= 0.3 is 5.97 Å². The van der Waals surface area contributed by atoms with Crippen molar-refractivity contribution in [3.63, 3.8) is 0 Å². The Morgan fingerprint density at radius 3 is 2.00 bits per heavy atom. The van der Waals surface area contributed by atoms with Gasteiger partial charge in [0.05, 0.1) is 21.3 Å². The number of rotatable bonds is 9. The molecule has 1 amide bonds. The Balaban J connectivity index is 2.00. The van der Waals surface area contributed by atoms with Gasteiger partial charge in [0, 0.05) is 11.1 Å². The second kappa shape index (κ2) is 10.2. The molecular weight excluding hydrogens is 397 g/mol. The number of benzene rings is 2. The van der Waals surface area contributed by atoms with Gasteiger partial charge in [0.25, 0.3) is 5.91 Å². The molecule has 0 aliphatic rings. The minimum Gasteiger partial charge on any atom is -0.493 e. The number of carbonyl (C=O) groups excluding carboxylic acids is 3. The maximum Gasteiger partial charge on any atom is 0.328 e. The van der Waals surface area contributed by atoms with Gasteiger partial charge in [0.1, 0.15) is 11.9 Å². The molecule has 0 aromatic heterocycles. The molecule has 2 rings (SSSR count). The maximum atomic E-state index is 12.9. The van der Waals surface area contributed by atoms with Gasteiger partial charge in [-0.3, -0.25) is 9.59 Å². The third-order valence-electron chi connectivity index (χ3n) is 4.14. The molecule has 1 atom stereocenters. The quantitative estimate of drug-likeness (QED) is 0.492. The lowest BCUT2D eigenvalue weighted by molar-refractivity contribution is -0.144. The highest BCUT2D eigenvalue weighted by atomic mass is 19.1. The number of halogens is 1. The van der Waals surface area contributed by atoms with Crippen LogP contribution in [-0.2, 0) is 9.53 Å². The summed E-state index contributed by atoms with van der Waals surface area (Å²) in [6.45, 7) is 0.884. The minimum absolute atomic E-state index is 0.173. The Morgan fingerprint density at radius 2 is 1.50 bits per heavy atom. The van der Waals surface area contributed by atoms with Crippen LogP contribution in [0.4, 0.5) is 4.39 Å². The first-order chi connectivity index (χ1) is 14.3. The Labute approximate surface area is 172 Å². The number of ketones is 1. The van der Waals surface area contributed by atoms with Gasteiger partial charge in [0.2, 0.25) is 5.75 Å². The fourth-order valence-corrected chi connectivity index (χ4v) is 2.53. The Kier molecular flexibility index (Phi) is 7.74. The molecule has 2 aromatic carbocycles. The molecule has 0 bridgehead atoms. The summed E-state index contributed by atoms with van der Waals surface area (Å²) in [5.74, 6) is -1.47. The summed E-state index contributed by atoms with van der Waals surface area (Å²) < 4.78 is 33.5. The van der Waals surface area contributed by atoms with Gasteiger partial charge in [-0.2, -0.15) is 0 Å². The highest BCUT2D eigenvalue weighted by Crippen LogP contribution is 2.38. The monoisotopic (exact) mass is 419 g/mol. The van der Waals surface area contributed by atoms with Crippen molar-refractivity contribution in [1.29, 1.82) is 0 Å². The Morgan fingerprint density at radius 1 is 0.933 bits per heavy atom. The first-order valence-electron chi connectivity index (χ1n) is 8.87. The number of ether oxygens (including phenoxy) is 4. The molecule has 0 saturated carbocycles. The van der Waals surface area contributed by atoms with Crippen molar-refractivity contribution < 1.29 is 37.7 Å². The molecule has 2 aromatic rings. The molecule has 0 saturated heterocycles. The molecule has 0 fully saturated rings. The molecule has 1 N–H and O–H groups in total. The van der Waals surface area contributed by atoms with E-state index in [-0.39, 0.29) is 22.6 Å². The molecule has 0 unspecified atom stereocenters. The predicted octanol–water partition coefficient (Wildman–Crippen LogP) is 2.40. The SMILES string of the molecule is COc1cc(C(=O)N[C@@H](C)C(=O)OCC(=O)c2ccc(F)cc2)cc(OC)c1OC. The predicted molar refractivity (Wildman–Crippen MR) is 105 cm³/mol. The lowest BCUT2D eigenvalue weighted by Gasteiger charge is -2.16. The fourth-order valence-electron chi connectivity index (χ4n) is 2.53. The van der Waals surface area contributed by atoms with Crippen LogP contribution in [-0.4, -0.2) is 51.6 Å². The largest absolute Gasteiger partial charge is 0.493 e. The van der Waals surface area contributed by atoms with Gasteiger partial charge in [-0.15, -0.1) is 0 Å². The van der Waals surface area contributed by atoms with Crippen LogP contribution in [0.5, 0.6) is 17.2 Å². The van der Waals surface area contributed by atoms with E-state index in [0.717, 1.165) is 12.1 Å². The van der Waals surface area contributed by atoms with Crippen molar-refractivity contribution in [2.45, 2.75) is 13.0 Å².